The van der Waals surface area contributed by atoms with Gasteiger partial charge in [0.15, 0.2) is 0 Å². The van der Waals surface area contributed by atoms with Crippen molar-refractivity contribution < 1.29 is 19.0 Å². The monoisotopic (exact) mass is 447 g/mol. The summed E-state index contributed by atoms with van der Waals surface area (Å²) >= 11 is 6.27. The van der Waals surface area contributed by atoms with E-state index in [-0.39, 0.29) is 18.0 Å². The number of hydrogen-bond donors (Lipinski definition) is 1. The molecule has 0 amide bonds. The molecular formula is C24H15ClFN3O3. The molecule has 0 fully saturated rings. The third-order valence-corrected chi connectivity index (χ3v) is 5.94. The van der Waals surface area contributed by atoms with Crippen LogP contribution in [0.5, 0.6) is 0 Å². The second-order valence-corrected chi connectivity index (χ2v) is 7.92. The number of hydrazone groups is 1. The maximum absolute atomic E-state index is 13.6. The number of nitrogens with zero attached hydrogens (tertiary/aromatic N) is 3. The molecule has 6 nitrogen and oxygen atoms in total. The van der Waals surface area contributed by atoms with Gasteiger partial charge in [-0.3, -0.25) is 5.01 Å². The van der Waals surface area contributed by atoms with Gasteiger partial charge in [0, 0.05) is 5.56 Å². The van der Waals surface area contributed by atoms with Gasteiger partial charge in [-0.2, -0.15) is 10.4 Å². The molecule has 0 saturated carbocycles. The highest BCUT2D eigenvalue weighted by molar-refractivity contribution is 6.32. The average molecular weight is 448 g/mol. The molecule has 0 radical (unpaired) electrons. The summed E-state index contributed by atoms with van der Waals surface area (Å²) < 4.78 is 19.7. The number of benzene rings is 3. The summed E-state index contributed by atoms with van der Waals surface area (Å²) in [7, 11) is 0. The van der Waals surface area contributed by atoms with Gasteiger partial charge in [-0.1, -0.05) is 29.8 Å². The van der Waals surface area contributed by atoms with Crippen molar-refractivity contribution in [2.24, 2.45) is 5.10 Å². The fraction of sp³-hybridized carbons (Fsp3) is 0.125. The van der Waals surface area contributed by atoms with E-state index in [9.17, 15) is 19.6 Å². The Bertz CT molecular complexity index is 1320. The minimum absolute atomic E-state index is 0.176. The van der Waals surface area contributed by atoms with Crippen molar-refractivity contribution in [2.75, 3.05) is 5.01 Å². The zero-order chi connectivity index (χ0) is 22.4. The highest BCUT2D eigenvalue weighted by Gasteiger charge is 2.43. The van der Waals surface area contributed by atoms with Crippen molar-refractivity contribution in [3.63, 3.8) is 0 Å². The molecule has 0 unspecified atom stereocenters. The lowest BCUT2D eigenvalue weighted by molar-refractivity contribution is 0.0660. The molecule has 2 aliphatic heterocycles. The Morgan fingerprint density at radius 3 is 2.66 bits per heavy atom. The SMILES string of the molecule is N#Cc1ccc(N2N=C3c4ccc(C(=O)O)cc4CO[C@@H]3[C@@H]2c2ccc(F)cc2)cc1Cl. The predicted molar refractivity (Wildman–Crippen MR) is 116 cm³/mol. The van der Waals surface area contributed by atoms with E-state index in [0.717, 1.165) is 16.7 Å². The topological polar surface area (TPSA) is 85.9 Å². The number of fused-ring (bicyclic) bond motifs is 3. The molecule has 1 N–H and O–H groups in total. The van der Waals surface area contributed by atoms with E-state index in [1.54, 1.807) is 53.5 Å². The lowest BCUT2D eigenvalue weighted by atomic mass is 9.90. The van der Waals surface area contributed by atoms with Crippen molar-refractivity contribution in [1.82, 2.24) is 0 Å². The van der Waals surface area contributed by atoms with E-state index in [1.807, 2.05) is 6.07 Å². The summed E-state index contributed by atoms with van der Waals surface area (Å²) in [6, 6.07) is 17.7. The summed E-state index contributed by atoms with van der Waals surface area (Å²) in [5, 5.41) is 25.4. The second-order valence-electron chi connectivity index (χ2n) is 7.51. The maximum Gasteiger partial charge on any atom is 0.335 e. The third kappa shape index (κ3) is 3.30. The van der Waals surface area contributed by atoms with Crippen LogP contribution in [0.2, 0.25) is 5.02 Å². The van der Waals surface area contributed by atoms with Crippen LogP contribution in [0.25, 0.3) is 0 Å². The maximum atomic E-state index is 13.6. The van der Waals surface area contributed by atoms with Gasteiger partial charge in [-0.05, 0) is 53.6 Å². The molecule has 0 spiro atoms. The molecule has 0 aliphatic carbocycles. The molecule has 5 rings (SSSR count). The Balaban J connectivity index is 1.64. The van der Waals surface area contributed by atoms with Crippen molar-refractivity contribution in [3.8, 4) is 6.07 Å². The Morgan fingerprint density at radius 2 is 1.97 bits per heavy atom. The molecule has 0 aromatic heterocycles. The van der Waals surface area contributed by atoms with Crippen LogP contribution < -0.4 is 5.01 Å². The first-order chi connectivity index (χ1) is 15.5. The van der Waals surface area contributed by atoms with E-state index in [2.05, 4.69) is 0 Å². The molecular weight excluding hydrogens is 433 g/mol. The van der Waals surface area contributed by atoms with E-state index in [1.165, 1.54) is 12.1 Å². The number of carbonyl (C=O) groups is 1. The summed E-state index contributed by atoms with van der Waals surface area (Å²) in [5.74, 6) is -1.36. The summed E-state index contributed by atoms with van der Waals surface area (Å²) in [6.07, 6.45) is -0.460. The number of carboxylic acids is 1. The Labute approximate surface area is 187 Å². The largest absolute Gasteiger partial charge is 0.478 e. The van der Waals surface area contributed by atoms with Gasteiger partial charge in [0.1, 0.15) is 24.0 Å². The number of carboxylic acid groups (broad SMARTS) is 1. The first-order valence-electron chi connectivity index (χ1n) is 9.77. The second kappa shape index (κ2) is 7.75. The number of ether oxygens (including phenoxy) is 1. The molecule has 3 aromatic carbocycles. The highest BCUT2D eigenvalue weighted by atomic mass is 35.5. The van der Waals surface area contributed by atoms with Gasteiger partial charge in [0.2, 0.25) is 0 Å². The molecule has 8 heteroatoms. The van der Waals surface area contributed by atoms with Gasteiger partial charge in [0.05, 0.1) is 34.2 Å². The highest BCUT2D eigenvalue weighted by Crippen LogP contribution is 2.42. The molecule has 2 aliphatic rings. The summed E-state index contributed by atoms with van der Waals surface area (Å²) in [5.41, 5.74) is 4.16. The number of nitriles is 1. The lowest BCUT2D eigenvalue weighted by Crippen LogP contribution is -2.35. The van der Waals surface area contributed by atoms with Crippen LogP contribution in [0.4, 0.5) is 10.1 Å². The minimum atomic E-state index is -1.01. The Hall–Kier alpha value is -3.73. The summed E-state index contributed by atoms with van der Waals surface area (Å²) in [6.45, 7) is 0.222. The van der Waals surface area contributed by atoms with E-state index >= 15 is 0 Å². The Morgan fingerprint density at radius 1 is 1.19 bits per heavy atom. The van der Waals surface area contributed by atoms with Crippen LogP contribution in [0.1, 0.15) is 38.7 Å². The number of anilines is 1. The van der Waals surface area contributed by atoms with Crippen LogP contribution in [0.15, 0.2) is 65.8 Å². The molecule has 32 heavy (non-hydrogen) atoms. The van der Waals surface area contributed by atoms with E-state index < -0.39 is 18.1 Å². The fourth-order valence-electron chi connectivity index (χ4n) is 4.10. The van der Waals surface area contributed by atoms with Gasteiger partial charge < -0.3 is 9.84 Å². The van der Waals surface area contributed by atoms with Crippen LogP contribution in [-0.2, 0) is 11.3 Å². The van der Waals surface area contributed by atoms with Gasteiger partial charge in [-0.15, -0.1) is 0 Å². The van der Waals surface area contributed by atoms with Gasteiger partial charge >= 0.3 is 5.97 Å². The van der Waals surface area contributed by atoms with Crippen molar-refractivity contribution in [2.45, 2.75) is 18.8 Å². The van der Waals surface area contributed by atoms with Crippen molar-refractivity contribution in [3.05, 3.63) is 99.3 Å². The van der Waals surface area contributed by atoms with Crippen molar-refractivity contribution >= 4 is 29.0 Å². The van der Waals surface area contributed by atoms with E-state index in [4.69, 9.17) is 21.4 Å². The van der Waals surface area contributed by atoms with Gasteiger partial charge in [0.25, 0.3) is 0 Å². The number of aromatic carboxylic acids is 1. The molecule has 2 heterocycles. The Kier molecular flexibility index (Phi) is 4.89. The van der Waals surface area contributed by atoms with Gasteiger partial charge in [-0.25, -0.2) is 9.18 Å². The molecule has 3 aromatic rings. The molecule has 2 atom stereocenters. The first-order valence-corrected chi connectivity index (χ1v) is 10.1. The van der Waals surface area contributed by atoms with Crippen LogP contribution in [-0.4, -0.2) is 22.9 Å². The minimum Gasteiger partial charge on any atom is -0.478 e. The molecule has 0 saturated heterocycles. The smallest absolute Gasteiger partial charge is 0.335 e. The van der Waals surface area contributed by atoms with Crippen LogP contribution >= 0.6 is 11.6 Å². The average Bonchev–Trinajstić information content (AvgIpc) is 3.19. The summed E-state index contributed by atoms with van der Waals surface area (Å²) in [4.78, 5) is 11.4. The quantitative estimate of drug-likeness (QED) is 0.616. The molecule has 0 bridgehead atoms. The lowest BCUT2D eigenvalue weighted by Gasteiger charge is -2.30. The van der Waals surface area contributed by atoms with Crippen LogP contribution in [0.3, 0.4) is 0 Å². The fourth-order valence-corrected chi connectivity index (χ4v) is 4.31. The number of hydrogen-bond acceptors (Lipinski definition) is 5. The number of rotatable bonds is 3. The van der Waals surface area contributed by atoms with E-state index in [0.29, 0.717) is 22.0 Å². The molecule has 158 valence electrons. The zero-order valence-electron chi connectivity index (χ0n) is 16.5. The van der Waals surface area contributed by atoms with Crippen molar-refractivity contribution in [1.29, 1.82) is 5.26 Å². The van der Waals surface area contributed by atoms with Crippen LogP contribution in [0, 0.1) is 17.1 Å². The predicted octanol–water partition coefficient (Wildman–Crippen LogP) is 4.91. The standard InChI is InChI=1S/C24H15ClFN3O3/c25-20-10-18(7-3-15(20)11-27)29-22(13-1-5-17(26)6-2-13)23-21(28-29)19-8-4-14(24(30)31)9-16(19)12-32-23/h1-10,22-23H,12H2,(H,30,31)/t22-,23-/m0/s1. The normalized spacial score (nSPS) is 19.0. The first kappa shape index (κ1) is 20.2. The zero-order valence-corrected chi connectivity index (χ0v) is 17.3. The third-order valence-electron chi connectivity index (χ3n) is 5.63. The number of halogens is 2.